The average Bonchev–Trinajstić information content (AvgIpc) is 2.90. The van der Waals surface area contributed by atoms with E-state index in [-0.39, 0.29) is 0 Å². The Kier molecular flexibility index (Phi) is 3.03. The lowest BCUT2D eigenvalue weighted by Gasteiger charge is -1.98. The van der Waals surface area contributed by atoms with Crippen LogP contribution in [0.2, 0.25) is 0 Å². The van der Waals surface area contributed by atoms with Gasteiger partial charge in [0.05, 0.1) is 0 Å². The molecule has 0 aliphatic heterocycles. The topological polar surface area (TPSA) is 0 Å². The normalized spacial score (nSPS) is 10.4. The Hall–Kier alpha value is -1.80. The van der Waals surface area contributed by atoms with Gasteiger partial charge in [-0.2, -0.15) is 0 Å². The highest BCUT2D eigenvalue weighted by molar-refractivity contribution is 7.18. The van der Waals surface area contributed by atoms with E-state index in [0.29, 0.717) is 0 Å². The van der Waals surface area contributed by atoms with Gasteiger partial charge in [-0.25, -0.2) is 0 Å². The SMILES string of the molecule is [B]c1ccc(-c2ccc(-c3ccccc3)s2)cc1. The molecule has 0 amide bonds. The number of rotatable bonds is 2. The van der Waals surface area contributed by atoms with Gasteiger partial charge in [0, 0.05) is 9.75 Å². The van der Waals surface area contributed by atoms with E-state index in [1.165, 1.54) is 20.9 Å². The molecule has 3 aromatic rings. The molecule has 0 aliphatic carbocycles. The summed E-state index contributed by atoms with van der Waals surface area (Å²) in [5.41, 5.74) is 3.29. The lowest BCUT2D eigenvalue weighted by atomic mass is 9.95. The van der Waals surface area contributed by atoms with Gasteiger partial charge in [0.25, 0.3) is 0 Å². The monoisotopic (exact) mass is 246 g/mol. The molecular weight excluding hydrogens is 235 g/mol. The molecule has 0 nitrogen and oxygen atoms in total. The molecule has 1 heterocycles. The molecule has 0 saturated heterocycles. The highest BCUT2D eigenvalue weighted by atomic mass is 32.1. The Morgan fingerprint density at radius 3 is 1.78 bits per heavy atom. The Bertz CT molecular complexity index is 638. The molecule has 0 spiro atoms. The Labute approximate surface area is 112 Å². The second kappa shape index (κ2) is 4.83. The molecule has 2 heteroatoms. The van der Waals surface area contributed by atoms with Crippen LogP contribution in [0.25, 0.3) is 20.9 Å². The highest BCUT2D eigenvalue weighted by Crippen LogP contribution is 2.33. The van der Waals surface area contributed by atoms with E-state index in [0.717, 1.165) is 5.46 Å². The molecular formula is C16H11BS. The van der Waals surface area contributed by atoms with Crippen LogP contribution >= 0.6 is 11.3 Å². The third kappa shape index (κ3) is 2.25. The van der Waals surface area contributed by atoms with Crippen LogP contribution in [0.3, 0.4) is 0 Å². The van der Waals surface area contributed by atoms with E-state index >= 15 is 0 Å². The maximum atomic E-state index is 5.70. The van der Waals surface area contributed by atoms with Crippen LogP contribution in [0.15, 0.2) is 66.7 Å². The first kappa shape index (κ1) is 11.3. The van der Waals surface area contributed by atoms with E-state index in [4.69, 9.17) is 7.85 Å². The summed E-state index contributed by atoms with van der Waals surface area (Å²) in [5, 5.41) is 0. The van der Waals surface area contributed by atoms with Gasteiger partial charge in [-0.1, -0.05) is 60.1 Å². The predicted molar refractivity (Wildman–Crippen MR) is 80.6 cm³/mol. The van der Waals surface area contributed by atoms with Crippen molar-refractivity contribution < 1.29 is 0 Å². The van der Waals surface area contributed by atoms with Crippen LogP contribution in [-0.4, -0.2) is 7.85 Å². The first-order valence-corrected chi connectivity index (χ1v) is 6.66. The molecule has 0 N–H and O–H groups in total. The summed E-state index contributed by atoms with van der Waals surface area (Å²) in [6, 6.07) is 22.8. The van der Waals surface area contributed by atoms with Crippen molar-refractivity contribution >= 4 is 24.6 Å². The summed E-state index contributed by atoms with van der Waals surface area (Å²) in [6.45, 7) is 0. The summed E-state index contributed by atoms with van der Waals surface area (Å²) in [7, 11) is 5.70. The third-order valence-electron chi connectivity index (χ3n) is 2.86. The molecule has 2 radical (unpaired) electrons. The summed E-state index contributed by atoms with van der Waals surface area (Å²) in [6.07, 6.45) is 0. The van der Waals surface area contributed by atoms with Crippen LogP contribution in [0.4, 0.5) is 0 Å². The highest BCUT2D eigenvalue weighted by Gasteiger charge is 2.04. The number of benzene rings is 2. The van der Waals surface area contributed by atoms with Crippen molar-refractivity contribution in [2.24, 2.45) is 0 Å². The molecule has 18 heavy (non-hydrogen) atoms. The minimum atomic E-state index is 0.804. The molecule has 2 aromatic carbocycles. The van der Waals surface area contributed by atoms with Gasteiger partial charge in [0.15, 0.2) is 0 Å². The van der Waals surface area contributed by atoms with Crippen LogP contribution in [0, 0.1) is 0 Å². The Morgan fingerprint density at radius 2 is 1.17 bits per heavy atom. The maximum absolute atomic E-state index is 5.70. The van der Waals surface area contributed by atoms with E-state index < -0.39 is 0 Å². The molecule has 0 fully saturated rings. The van der Waals surface area contributed by atoms with Gasteiger partial charge in [0.2, 0.25) is 0 Å². The van der Waals surface area contributed by atoms with Crippen LogP contribution in [-0.2, 0) is 0 Å². The Balaban J connectivity index is 1.97. The van der Waals surface area contributed by atoms with Crippen molar-refractivity contribution in [1.82, 2.24) is 0 Å². The van der Waals surface area contributed by atoms with Crippen molar-refractivity contribution in [3.8, 4) is 20.9 Å². The second-order valence-electron chi connectivity index (χ2n) is 4.15. The zero-order valence-corrected chi connectivity index (χ0v) is 10.7. The zero-order valence-electron chi connectivity index (χ0n) is 9.84. The Morgan fingerprint density at radius 1 is 0.611 bits per heavy atom. The zero-order chi connectivity index (χ0) is 12.4. The molecule has 0 atom stereocenters. The second-order valence-corrected chi connectivity index (χ2v) is 5.24. The fraction of sp³-hybridized carbons (Fsp3) is 0. The quantitative estimate of drug-likeness (QED) is 0.602. The standard InChI is InChI=1S/C16H11BS/c17-14-8-6-13(7-9-14)16-11-10-15(18-16)12-4-2-1-3-5-12/h1-11H. The molecule has 0 bridgehead atoms. The number of hydrogen-bond donors (Lipinski definition) is 0. The van der Waals surface area contributed by atoms with Crippen molar-refractivity contribution in [2.45, 2.75) is 0 Å². The van der Waals surface area contributed by atoms with E-state index in [9.17, 15) is 0 Å². The van der Waals surface area contributed by atoms with Gasteiger partial charge in [-0.15, -0.1) is 11.3 Å². The van der Waals surface area contributed by atoms with E-state index in [1.807, 2.05) is 18.2 Å². The van der Waals surface area contributed by atoms with Gasteiger partial charge in [0.1, 0.15) is 7.85 Å². The summed E-state index contributed by atoms with van der Waals surface area (Å²) < 4.78 is 0. The first-order valence-electron chi connectivity index (χ1n) is 5.84. The molecule has 3 rings (SSSR count). The smallest absolute Gasteiger partial charge is 0.113 e. The largest absolute Gasteiger partial charge is 0.135 e. The first-order chi connectivity index (χ1) is 8.83. The molecule has 1 aromatic heterocycles. The molecule has 0 unspecified atom stereocenters. The lowest BCUT2D eigenvalue weighted by Crippen LogP contribution is -1.98. The molecule has 0 aliphatic rings. The maximum Gasteiger partial charge on any atom is 0.113 e. The van der Waals surface area contributed by atoms with Crippen LogP contribution < -0.4 is 5.46 Å². The minimum Gasteiger partial charge on any atom is -0.135 e. The third-order valence-corrected chi connectivity index (χ3v) is 4.04. The summed E-state index contributed by atoms with van der Waals surface area (Å²) in [4.78, 5) is 2.57. The number of hydrogen-bond acceptors (Lipinski definition) is 1. The van der Waals surface area contributed by atoms with Gasteiger partial charge < -0.3 is 0 Å². The van der Waals surface area contributed by atoms with Crippen LogP contribution in [0.1, 0.15) is 0 Å². The summed E-state index contributed by atoms with van der Waals surface area (Å²) >= 11 is 1.80. The van der Waals surface area contributed by atoms with Gasteiger partial charge >= 0.3 is 0 Å². The molecule has 84 valence electrons. The molecule has 0 saturated carbocycles. The van der Waals surface area contributed by atoms with Crippen molar-refractivity contribution in [2.75, 3.05) is 0 Å². The fourth-order valence-electron chi connectivity index (χ4n) is 1.90. The lowest BCUT2D eigenvalue weighted by molar-refractivity contribution is 1.70. The number of thiophene rings is 1. The minimum absolute atomic E-state index is 0.804. The predicted octanol–water partition coefficient (Wildman–Crippen LogP) is 3.88. The fourth-order valence-corrected chi connectivity index (χ4v) is 2.91. The van der Waals surface area contributed by atoms with Crippen molar-refractivity contribution in [3.63, 3.8) is 0 Å². The van der Waals surface area contributed by atoms with Crippen molar-refractivity contribution in [3.05, 3.63) is 66.7 Å². The van der Waals surface area contributed by atoms with E-state index in [1.54, 1.807) is 11.3 Å². The summed E-state index contributed by atoms with van der Waals surface area (Å²) in [5.74, 6) is 0. The van der Waals surface area contributed by atoms with Gasteiger partial charge in [-0.05, 0) is 23.3 Å². The van der Waals surface area contributed by atoms with Crippen molar-refractivity contribution in [1.29, 1.82) is 0 Å². The van der Waals surface area contributed by atoms with E-state index in [2.05, 4.69) is 48.5 Å². The van der Waals surface area contributed by atoms with Crippen LogP contribution in [0.5, 0.6) is 0 Å². The average molecular weight is 246 g/mol. The van der Waals surface area contributed by atoms with Gasteiger partial charge in [-0.3, -0.25) is 0 Å².